The van der Waals surface area contributed by atoms with Gasteiger partial charge < -0.3 is 14.8 Å². The number of piperazine rings is 1. The van der Waals surface area contributed by atoms with Crippen molar-refractivity contribution in [3.05, 3.63) is 20.8 Å². The van der Waals surface area contributed by atoms with Crippen molar-refractivity contribution in [2.24, 2.45) is 14.1 Å². The molecule has 1 aliphatic heterocycles. The molecule has 1 saturated heterocycles. The summed E-state index contributed by atoms with van der Waals surface area (Å²) >= 11 is 0. The van der Waals surface area contributed by atoms with Gasteiger partial charge in [-0.2, -0.15) is 4.98 Å². The second-order valence-corrected chi connectivity index (χ2v) is 6.39. The van der Waals surface area contributed by atoms with Crippen molar-refractivity contribution in [2.75, 3.05) is 31.1 Å². The number of imidazole rings is 1. The summed E-state index contributed by atoms with van der Waals surface area (Å²) in [7, 11) is 3.20. The van der Waals surface area contributed by atoms with Crippen LogP contribution >= 0.6 is 0 Å². The molecule has 1 N–H and O–H groups in total. The lowest BCUT2D eigenvalue weighted by Crippen LogP contribution is -2.44. The van der Waals surface area contributed by atoms with Crippen LogP contribution in [0.5, 0.6) is 0 Å². The molecule has 0 bridgehead atoms. The SMILES string of the molecule is CCCCCn1c(N2CCNCC2)nc2c1c(=O)n(C)c(=O)n2C. The highest BCUT2D eigenvalue weighted by Crippen LogP contribution is 2.21. The fourth-order valence-corrected chi connectivity index (χ4v) is 3.27. The maximum atomic E-state index is 12.7. The van der Waals surface area contributed by atoms with E-state index in [4.69, 9.17) is 0 Å². The quantitative estimate of drug-likeness (QED) is 0.781. The van der Waals surface area contributed by atoms with Crippen LogP contribution in [0.1, 0.15) is 26.2 Å². The lowest BCUT2D eigenvalue weighted by Gasteiger charge is -2.28. The van der Waals surface area contributed by atoms with Crippen LogP contribution in [0.25, 0.3) is 11.2 Å². The van der Waals surface area contributed by atoms with Crippen LogP contribution in [0.15, 0.2) is 9.59 Å². The van der Waals surface area contributed by atoms with E-state index in [1.54, 1.807) is 7.05 Å². The lowest BCUT2D eigenvalue weighted by molar-refractivity contribution is 0.554. The number of nitrogens with one attached hydrogen (secondary N) is 1. The fraction of sp³-hybridized carbons (Fsp3) is 0.688. The van der Waals surface area contributed by atoms with Gasteiger partial charge in [-0.1, -0.05) is 19.8 Å². The third-order valence-electron chi connectivity index (χ3n) is 4.71. The van der Waals surface area contributed by atoms with Gasteiger partial charge >= 0.3 is 5.69 Å². The molecule has 0 amide bonds. The summed E-state index contributed by atoms with van der Waals surface area (Å²) in [4.78, 5) is 31.8. The average Bonchev–Trinajstić information content (AvgIpc) is 2.99. The van der Waals surface area contributed by atoms with E-state index in [0.29, 0.717) is 11.2 Å². The summed E-state index contributed by atoms with van der Waals surface area (Å²) in [6, 6.07) is 0. The monoisotopic (exact) mass is 334 g/mol. The highest BCUT2D eigenvalue weighted by molar-refractivity contribution is 5.74. The van der Waals surface area contributed by atoms with E-state index in [1.807, 2.05) is 4.57 Å². The normalized spacial score (nSPS) is 15.4. The zero-order valence-corrected chi connectivity index (χ0v) is 14.7. The fourth-order valence-electron chi connectivity index (χ4n) is 3.27. The van der Waals surface area contributed by atoms with E-state index in [9.17, 15) is 9.59 Å². The number of rotatable bonds is 5. The summed E-state index contributed by atoms with van der Waals surface area (Å²) in [6.45, 7) is 6.41. The number of aryl methyl sites for hydroxylation is 2. The molecule has 132 valence electrons. The van der Waals surface area contributed by atoms with Gasteiger partial charge in [-0.05, 0) is 6.42 Å². The van der Waals surface area contributed by atoms with Gasteiger partial charge in [-0.15, -0.1) is 0 Å². The minimum atomic E-state index is -0.336. The Bertz CT molecular complexity index is 841. The third kappa shape index (κ3) is 2.75. The molecule has 2 aromatic heterocycles. The molecule has 8 nitrogen and oxygen atoms in total. The van der Waals surface area contributed by atoms with E-state index in [0.717, 1.165) is 57.9 Å². The molecule has 8 heteroatoms. The average molecular weight is 334 g/mol. The Morgan fingerprint density at radius 2 is 1.79 bits per heavy atom. The number of fused-ring (bicyclic) bond motifs is 1. The molecular formula is C16H26N6O2. The zero-order chi connectivity index (χ0) is 17.3. The molecule has 1 fully saturated rings. The van der Waals surface area contributed by atoms with Crippen molar-refractivity contribution in [1.29, 1.82) is 0 Å². The molecule has 0 aromatic carbocycles. The van der Waals surface area contributed by atoms with Gasteiger partial charge in [0.05, 0.1) is 0 Å². The van der Waals surface area contributed by atoms with Crippen molar-refractivity contribution in [1.82, 2.24) is 24.0 Å². The van der Waals surface area contributed by atoms with Gasteiger partial charge in [0.2, 0.25) is 5.95 Å². The summed E-state index contributed by atoms with van der Waals surface area (Å²) < 4.78 is 4.65. The van der Waals surface area contributed by atoms with Gasteiger partial charge in [0.25, 0.3) is 5.56 Å². The number of hydrogen-bond acceptors (Lipinski definition) is 5. The van der Waals surface area contributed by atoms with Gasteiger partial charge in [0, 0.05) is 46.8 Å². The Balaban J connectivity index is 2.20. The number of aromatic nitrogens is 4. The van der Waals surface area contributed by atoms with E-state index < -0.39 is 0 Å². The standard InChI is InChI=1S/C16H26N6O2/c1-4-5-6-9-22-12-13(19(2)16(24)20(3)14(12)23)18-15(22)21-10-7-17-8-11-21/h17H,4-11H2,1-3H3. The lowest BCUT2D eigenvalue weighted by atomic mass is 10.2. The number of nitrogens with zero attached hydrogens (tertiary/aromatic N) is 5. The van der Waals surface area contributed by atoms with Gasteiger partial charge in [0.15, 0.2) is 11.2 Å². The summed E-state index contributed by atoms with van der Waals surface area (Å²) in [6.07, 6.45) is 3.21. The van der Waals surface area contributed by atoms with Crippen LogP contribution in [0.2, 0.25) is 0 Å². The highest BCUT2D eigenvalue weighted by atomic mass is 16.2. The summed E-state index contributed by atoms with van der Waals surface area (Å²) in [5.41, 5.74) is 0.411. The van der Waals surface area contributed by atoms with E-state index in [1.165, 1.54) is 16.2 Å². The van der Waals surface area contributed by atoms with Crippen molar-refractivity contribution in [2.45, 2.75) is 32.7 Å². The highest BCUT2D eigenvalue weighted by Gasteiger charge is 2.23. The third-order valence-corrected chi connectivity index (χ3v) is 4.71. The van der Waals surface area contributed by atoms with E-state index in [-0.39, 0.29) is 11.2 Å². The van der Waals surface area contributed by atoms with Crippen molar-refractivity contribution < 1.29 is 0 Å². The molecule has 3 heterocycles. The van der Waals surface area contributed by atoms with Gasteiger partial charge in [0.1, 0.15) is 0 Å². The topological polar surface area (TPSA) is 77.1 Å². The number of hydrogen-bond donors (Lipinski definition) is 1. The first-order valence-corrected chi connectivity index (χ1v) is 8.68. The van der Waals surface area contributed by atoms with Crippen LogP contribution in [-0.4, -0.2) is 44.9 Å². The first-order chi connectivity index (χ1) is 11.6. The maximum absolute atomic E-state index is 12.7. The van der Waals surface area contributed by atoms with Gasteiger partial charge in [-0.25, -0.2) is 4.79 Å². The molecule has 2 aromatic rings. The number of anilines is 1. The number of unbranched alkanes of at least 4 members (excludes halogenated alkanes) is 2. The van der Waals surface area contributed by atoms with Crippen LogP contribution in [0.3, 0.4) is 0 Å². The first kappa shape index (κ1) is 16.8. The molecule has 3 rings (SSSR count). The minimum absolute atomic E-state index is 0.265. The van der Waals surface area contributed by atoms with Crippen LogP contribution in [0, 0.1) is 0 Å². The summed E-state index contributed by atoms with van der Waals surface area (Å²) in [5.74, 6) is 0.806. The largest absolute Gasteiger partial charge is 0.340 e. The molecule has 0 spiro atoms. The second-order valence-electron chi connectivity index (χ2n) is 6.39. The molecular weight excluding hydrogens is 308 g/mol. The van der Waals surface area contributed by atoms with Crippen molar-refractivity contribution in [3.8, 4) is 0 Å². The molecule has 0 aliphatic carbocycles. The summed E-state index contributed by atoms with van der Waals surface area (Å²) in [5, 5.41) is 3.33. The minimum Gasteiger partial charge on any atom is -0.340 e. The predicted molar refractivity (Wildman–Crippen MR) is 94.8 cm³/mol. The van der Waals surface area contributed by atoms with Gasteiger partial charge in [-0.3, -0.25) is 13.9 Å². The second kappa shape index (κ2) is 6.80. The Morgan fingerprint density at radius 1 is 1.08 bits per heavy atom. The van der Waals surface area contributed by atoms with Crippen LogP contribution in [-0.2, 0) is 20.6 Å². The maximum Gasteiger partial charge on any atom is 0.332 e. The smallest absolute Gasteiger partial charge is 0.332 e. The molecule has 0 atom stereocenters. The Morgan fingerprint density at radius 3 is 2.46 bits per heavy atom. The predicted octanol–water partition coefficient (Wildman–Crippen LogP) is 0.0335. The zero-order valence-electron chi connectivity index (χ0n) is 14.7. The Labute approximate surface area is 140 Å². The van der Waals surface area contributed by atoms with Crippen LogP contribution in [0.4, 0.5) is 5.95 Å². The molecule has 0 saturated carbocycles. The molecule has 0 radical (unpaired) electrons. The van der Waals surface area contributed by atoms with E-state index >= 15 is 0 Å². The Kier molecular flexibility index (Phi) is 4.75. The van der Waals surface area contributed by atoms with Crippen molar-refractivity contribution >= 4 is 17.1 Å². The van der Waals surface area contributed by atoms with E-state index in [2.05, 4.69) is 22.1 Å². The molecule has 1 aliphatic rings. The Hall–Kier alpha value is -2.09. The van der Waals surface area contributed by atoms with Crippen molar-refractivity contribution in [3.63, 3.8) is 0 Å². The van der Waals surface area contributed by atoms with Crippen LogP contribution < -0.4 is 21.5 Å². The first-order valence-electron chi connectivity index (χ1n) is 8.68. The molecule has 24 heavy (non-hydrogen) atoms. The molecule has 0 unspecified atom stereocenters.